The van der Waals surface area contributed by atoms with Crippen LogP contribution >= 0.6 is 0 Å². The first kappa shape index (κ1) is 8.48. The molecule has 1 heterocycles. The van der Waals surface area contributed by atoms with Crippen molar-refractivity contribution in [3.63, 3.8) is 0 Å². The normalized spacial score (nSPS) is 9.08. The van der Waals surface area contributed by atoms with Crippen molar-refractivity contribution in [2.45, 2.75) is 0 Å². The number of nitrogens with one attached hydrogen (secondary N) is 2. The average Bonchev–Trinajstić information content (AvgIpc) is 2.06. The number of carbonyl (C=O) groups excluding carboxylic acids is 1. The number of amides is 1. The third-order valence-corrected chi connectivity index (χ3v) is 1.06. The van der Waals surface area contributed by atoms with E-state index in [1.165, 1.54) is 0 Å². The molecule has 0 unspecified atom stereocenters. The summed E-state index contributed by atoms with van der Waals surface area (Å²) < 4.78 is 4.73. The number of ether oxygens (including phenoxy) is 1. The molecule has 1 rings (SSSR count). The summed E-state index contributed by atoms with van der Waals surface area (Å²) in [6.45, 7) is 0. The van der Waals surface area contributed by atoms with Crippen molar-refractivity contribution >= 4 is 6.09 Å². The highest BCUT2D eigenvalue weighted by Gasteiger charge is 2.00. The van der Waals surface area contributed by atoms with Crippen molar-refractivity contribution < 1.29 is 9.53 Å². The Morgan fingerprint density at radius 3 is 3.00 bits per heavy atom. The second-order valence-corrected chi connectivity index (χ2v) is 1.93. The van der Waals surface area contributed by atoms with Crippen LogP contribution in [0.15, 0.2) is 24.4 Å². The van der Waals surface area contributed by atoms with Gasteiger partial charge in [0.05, 0.1) is 0 Å². The van der Waals surface area contributed by atoms with Crippen LogP contribution in [0.5, 0.6) is 5.88 Å². The highest BCUT2D eigenvalue weighted by Crippen LogP contribution is 2.02. The minimum absolute atomic E-state index is 0.269. The van der Waals surface area contributed by atoms with Crippen LogP contribution < -0.4 is 15.6 Å². The van der Waals surface area contributed by atoms with Crippen LogP contribution in [-0.4, -0.2) is 18.1 Å². The van der Waals surface area contributed by atoms with Gasteiger partial charge in [0.2, 0.25) is 5.88 Å². The van der Waals surface area contributed by atoms with E-state index in [9.17, 15) is 4.79 Å². The zero-order valence-electron chi connectivity index (χ0n) is 6.57. The third kappa shape index (κ3) is 2.55. The Kier molecular flexibility index (Phi) is 3.04. The lowest BCUT2D eigenvalue weighted by atomic mass is 10.5. The van der Waals surface area contributed by atoms with Crippen molar-refractivity contribution in [1.29, 1.82) is 0 Å². The molecule has 5 nitrogen and oxygen atoms in total. The molecule has 0 radical (unpaired) electrons. The van der Waals surface area contributed by atoms with E-state index in [2.05, 4.69) is 15.8 Å². The van der Waals surface area contributed by atoms with Crippen LogP contribution in [-0.2, 0) is 0 Å². The largest absolute Gasteiger partial charge is 0.428 e. The van der Waals surface area contributed by atoms with E-state index < -0.39 is 6.09 Å². The summed E-state index contributed by atoms with van der Waals surface area (Å²) in [6, 6.07) is 5.06. The van der Waals surface area contributed by atoms with Gasteiger partial charge in [-0.05, 0) is 6.07 Å². The number of carbonyl (C=O) groups is 1. The smallest absolute Gasteiger partial charge is 0.390 e. The molecule has 0 aliphatic rings. The summed E-state index contributed by atoms with van der Waals surface area (Å²) in [5, 5.41) is 0. The quantitative estimate of drug-likeness (QED) is 0.622. The van der Waals surface area contributed by atoms with Gasteiger partial charge in [0.15, 0.2) is 0 Å². The summed E-state index contributed by atoms with van der Waals surface area (Å²) in [4.78, 5) is 14.6. The van der Waals surface area contributed by atoms with Crippen LogP contribution in [0.25, 0.3) is 0 Å². The lowest BCUT2D eigenvalue weighted by Gasteiger charge is -2.02. The molecule has 0 fully saturated rings. The number of hydrazine groups is 1. The van der Waals surface area contributed by atoms with Crippen molar-refractivity contribution in [3.8, 4) is 5.88 Å². The molecule has 0 atom stereocenters. The van der Waals surface area contributed by atoms with Crippen LogP contribution in [0.3, 0.4) is 0 Å². The Hall–Kier alpha value is -1.62. The SMILES string of the molecule is CNNC(=O)Oc1ccccn1. The molecule has 0 aromatic carbocycles. The fourth-order valence-electron chi connectivity index (χ4n) is 0.630. The summed E-state index contributed by atoms with van der Waals surface area (Å²) >= 11 is 0. The van der Waals surface area contributed by atoms with Crippen molar-refractivity contribution in [3.05, 3.63) is 24.4 Å². The number of rotatable bonds is 2. The lowest BCUT2D eigenvalue weighted by molar-refractivity contribution is 0.195. The average molecular weight is 167 g/mol. The number of pyridine rings is 1. The highest BCUT2D eigenvalue weighted by molar-refractivity contribution is 5.69. The zero-order chi connectivity index (χ0) is 8.81. The molecule has 0 saturated heterocycles. The van der Waals surface area contributed by atoms with Crippen molar-refractivity contribution in [2.75, 3.05) is 7.05 Å². The van der Waals surface area contributed by atoms with E-state index in [1.54, 1.807) is 31.4 Å². The van der Waals surface area contributed by atoms with Gasteiger partial charge in [-0.2, -0.15) is 0 Å². The zero-order valence-corrected chi connectivity index (χ0v) is 6.57. The van der Waals surface area contributed by atoms with Gasteiger partial charge in [0.25, 0.3) is 0 Å². The first-order chi connectivity index (χ1) is 5.83. The van der Waals surface area contributed by atoms with Crippen LogP contribution in [0.2, 0.25) is 0 Å². The maximum atomic E-state index is 10.8. The molecular formula is C7H9N3O2. The molecule has 1 aromatic rings. The van der Waals surface area contributed by atoms with Gasteiger partial charge in [0.1, 0.15) is 0 Å². The number of nitrogens with zero attached hydrogens (tertiary/aromatic N) is 1. The topological polar surface area (TPSA) is 63.2 Å². The minimum Gasteiger partial charge on any atom is -0.390 e. The Bertz CT molecular complexity index is 250. The predicted molar refractivity (Wildman–Crippen MR) is 42.5 cm³/mol. The van der Waals surface area contributed by atoms with E-state index in [0.717, 1.165) is 0 Å². The number of aromatic nitrogens is 1. The van der Waals surface area contributed by atoms with Crippen molar-refractivity contribution in [2.24, 2.45) is 0 Å². The van der Waals surface area contributed by atoms with E-state index in [1.807, 2.05) is 0 Å². The molecule has 1 aromatic heterocycles. The molecule has 12 heavy (non-hydrogen) atoms. The second kappa shape index (κ2) is 4.30. The minimum atomic E-state index is -0.587. The van der Waals surface area contributed by atoms with Gasteiger partial charge in [-0.3, -0.25) is 5.43 Å². The van der Waals surface area contributed by atoms with Crippen molar-refractivity contribution in [1.82, 2.24) is 15.8 Å². The van der Waals surface area contributed by atoms with Crippen LogP contribution in [0, 0.1) is 0 Å². The number of hydrogen-bond donors (Lipinski definition) is 2. The lowest BCUT2D eigenvalue weighted by Crippen LogP contribution is -2.36. The molecule has 0 saturated carbocycles. The molecule has 0 aliphatic carbocycles. The first-order valence-electron chi connectivity index (χ1n) is 3.38. The Morgan fingerprint density at radius 2 is 2.42 bits per heavy atom. The van der Waals surface area contributed by atoms with Crippen LogP contribution in [0.1, 0.15) is 0 Å². The monoisotopic (exact) mass is 167 g/mol. The van der Waals surface area contributed by atoms with Gasteiger partial charge in [-0.25, -0.2) is 15.2 Å². The molecule has 5 heteroatoms. The van der Waals surface area contributed by atoms with E-state index >= 15 is 0 Å². The third-order valence-electron chi connectivity index (χ3n) is 1.06. The highest BCUT2D eigenvalue weighted by atomic mass is 16.6. The fourth-order valence-corrected chi connectivity index (χ4v) is 0.630. The van der Waals surface area contributed by atoms with Gasteiger partial charge in [0, 0.05) is 19.3 Å². The fraction of sp³-hybridized carbons (Fsp3) is 0.143. The predicted octanol–water partition coefficient (Wildman–Crippen LogP) is 0.304. The summed E-state index contributed by atoms with van der Waals surface area (Å²) in [6.07, 6.45) is 0.957. The van der Waals surface area contributed by atoms with Crippen LogP contribution in [0.4, 0.5) is 4.79 Å². The molecular weight excluding hydrogens is 158 g/mol. The summed E-state index contributed by atoms with van der Waals surface area (Å²) in [5.74, 6) is 0.269. The van der Waals surface area contributed by atoms with Gasteiger partial charge < -0.3 is 4.74 Å². The first-order valence-corrected chi connectivity index (χ1v) is 3.38. The number of hydrogen-bond acceptors (Lipinski definition) is 4. The maximum Gasteiger partial charge on any atom is 0.428 e. The summed E-state index contributed by atoms with van der Waals surface area (Å²) in [5.41, 5.74) is 4.68. The van der Waals surface area contributed by atoms with E-state index in [4.69, 9.17) is 4.74 Å². The Morgan fingerprint density at radius 1 is 1.58 bits per heavy atom. The molecule has 64 valence electrons. The van der Waals surface area contributed by atoms with Gasteiger partial charge >= 0.3 is 6.09 Å². The molecule has 0 bridgehead atoms. The molecule has 1 amide bonds. The molecule has 2 N–H and O–H groups in total. The molecule has 0 aliphatic heterocycles. The maximum absolute atomic E-state index is 10.8. The van der Waals surface area contributed by atoms with E-state index in [0.29, 0.717) is 0 Å². The van der Waals surface area contributed by atoms with Gasteiger partial charge in [-0.1, -0.05) is 6.07 Å². The standard InChI is InChI=1S/C7H9N3O2/c1-8-10-7(11)12-6-4-2-3-5-9-6/h2-5,8H,1H3,(H,10,11). The molecule has 0 spiro atoms. The Labute approximate surface area is 69.7 Å². The Balaban J connectivity index is 2.47. The second-order valence-electron chi connectivity index (χ2n) is 1.93. The van der Waals surface area contributed by atoms with E-state index in [-0.39, 0.29) is 5.88 Å². The van der Waals surface area contributed by atoms with Gasteiger partial charge in [-0.15, -0.1) is 0 Å². The summed E-state index contributed by atoms with van der Waals surface area (Å²) in [7, 11) is 1.57.